The summed E-state index contributed by atoms with van der Waals surface area (Å²) in [7, 11) is 0. The quantitative estimate of drug-likeness (QED) is 0.374. The van der Waals surface area contributed by atoms with Crippen molar-refractivity contribution >= 4 is 5.78 Å². The van der Waals surface area contributed by atoms with Gasteiger partial charge >= 0.3 is 58.2 Å². The Morgan fingerprint density at radius 2 is 1.60 bits per heavy atom. The van der Waals surface area contributed by atoms with Crippen molar-refractivity contribution in [1.29, 1.82) is 0 Å². The van der Waals surface area contributed by atoms with E-state index in [1.54, 1.807) is 0 Å². The van der Waals surface area contributed by atoms with E-state index >= 15 is 0 Å². The van der Waals surface area contributed by atoms with Gasteiger partial charge in [0.25, 0.3) is 0 Å². The first-order valence-electron chi connectivity index (χ1n) is 1.20. The molecule has 0 spiro atoms. The van der Waals surface area contributed by atoms with Crippen molar-refractivity contribution in [3.63, 3.8) is 0 Å². The molecule has 0 aliphatic carbocycles. The summed E-state index contributed by atoms with van der Waals surface area (Å²) in [6, 6.07) is 0. The third kappa shape index (κ3) is 30.4. The maximum atomic E-state index is 9.44. The number of carbonyl (C=O) groups is 1. The normalized spacial score (nSPS) is 5.20. The molecule has 0 radical (unpaired) electrons. The van der Waals surface area contributed by atoms with E-state index in [0.29, 0.717) is 0 Å². The zero-order valence-corrected chi connectivity index (χ0v) is 8.82. The third-order valence-electron chi connectivity index (χ3n) is 0. The van der Waals surface area contributed by atoms with E-state index in [0.717, 1.165) is 0 Å². The van der Waals surface area contributed by atoms with Gasteiger partial charge in [-0.15, -0.1) is 0 Å². The van der Waals surface area contributed by atoms with Crippen molar-refractivity contribution < 1.29 is 64.4 Å². The van der Waals surface area contributed by atoms with E-state index in [1.165, 1.54) is 13.8 Å². The largest absolute Gasteiger partial charge is 1.00 e. The zero-order valence-electron chi connectivity index (χ0n) is 4.91. The Morgan fingerprint density at radius 3 is 1.60 bits per heavy atom. The molecule has 0 saturated heterocycles. The number of ketones is 1. The second kappa shape index (κ2) is 5.48. The first-order valence-corrected chi connectivity index (χ1v) is 1.20. The molecular formula is C3H7ORb. The van der Waals surface area contributed by atoms with Crippen molar-refractivity contribution in [1.82, 2.24) is 0 Å². The monoisotopic (exact) mass is 144 g/mol. The van der Waals surface area contributed by atoms with Crippen LogP contribution in [-0.2, 0) is 4.79 Å². The Balaban J connectivity index is -0.0000000450. The Bertz CT molecular complexity index is 33.8. The zero-order chi connectivity index (χ0) is 3.58. The molecule has 0 saturated carbocycles. The molecule has 0 aliphatic rings. The molecule has 0 aromatic rings. The van der Waals surface area contributed by atoms with Crippen molar-refractivity contribution in [3.05, 3.63) is 0 Å². The van der Waals surface area contributed by atoms with Crippen LogP contribution in [0.3, 0.4) is 0 Å². The summed E-state index contributed by atoms with van der Waals surface area (Å²) in [6.07, 6.45) is 0. The minimum absolute atomic E-state index is 0. The minimum Gasteiger partial charge on any atom is -1.00 e. The average molecular weight is 145 g/mol. The smallest absolute Gasteiger partial charge is 1.00 e. The van der Waals surface area contributed by atoms with Crippen LogP contribution in [0.2, 0.25) is 0 Å². The van der Waals surface area contributed by atoms with Gasteiger partial charge in [-0.1, -0.05) is 0 Å². The second-order valence-electron chi connectivity index (χ2n) is 0.908. The van der Waals surface area contributed by atoms with Crippen LogP contribution in [0, 0.1) is 0 Å². The van der Waals surface area contributed by atoms with Crippen LogP contribution >= 0.6 is 0 Å². The van der Waals surface area contributed by atoms with Gasteiger partial charge in [-0.25, -0.2) is 0 Å². The van der Waals surface area contributed by atoms with Gasteiger partial charge in [0.15, 0.2) is 0 Å². The molecule has 0 N–H and O–H groups in total. The second-order valence-corrected chi connectivity index (χ2v) is 0.908. The molecule has 0 fully saturated rings. The van der Waals surface area contributed by atoms with Gasteiger partial charge in [0.2, 0.25) is 0 Å². The van der Waals surface area contributed by atoms with Crippen molar-refractivity contribution in [3.8, 4) is 0 Å². The summed E-state index contributed by atoms with van der Waals surface area (Å²) < 4.78 is 0. The Hall–Kier alpha value is 1.48. The van der Waals surface area contributed by atoms with E-state index in [-0.39, 0.29) is 65.4 Å². The van der Waals surface area contributed by atoms with E-state index in [9.17, 15) is 4.79 Å². The molecular weight excluding hydrogens is 138 g/mol. The Labute approximate surface area is 82.4 Å². The van der Waals surface area contributed by atoms with Crippen LogP contribution in [0.4, 0.5) is 0 Å². The molecule has 5 heavy (non-hydrogen) atoms. The molecule has 0 unspecified atom stereocenters. The van der Waals surface area contributed by atoms with Crippen LogP contribution in [-0.4, -0.2) is 5.78 Å². The molecule has 0 atom stereocenters. The number of carbonyl (C=O) groups excluding carboxylic acids is 1. The molecule has 0 rings (SSSR count). The van der Waals surface area contributed by atoms with E-state index in [4.69, 9.17) is 0 Å². The topological polar surface area (TPSA) is 17.1 Å². The molecule has 26 valence electrons. The summed E-state index contributed by atoms with van der Waals surface area (Å²) in [4.78, 5) is 9.44. The SMILES string of the molecule is CC(C)=O.[H-].[Rb+]. The molecule has 0 bridgehead atoms. The molecule has 0 aromatic heterocycles. The third-order valence-corrected chi connectivity index (χ3v) is 0. The van der Waals surface area contributed by atoms with Crippen LogP contribution < -0.4 is 58.2 Å². The van der Waals surface area contributed by atoms with E-state index in [1.807, 2.05) is 0 Å². The Kier molecular flexibility index (Phi) is 10.6. The molecule has 0 aromatic carbocycles. The van der Waals surface area contributed by atoms with E-state index < -0.39 is 0 Å². The fourth-order valence-corrected chi connectivity index (χ4v) is 0. The van der Waals surface area contributed by atoms with Gasteiger partial charge in [-0.2, -0.15) is 0 Å². The van der Waals surface area contributed by atoms with Gasteiger partial charge in [0, 0.05) is 0 Å². The van der Waals surface area contributed by atoms with Crippen LogP contribution in [0.25, 0.3) is 0 Å². The predicted molar refractivity (Wildman–Crippen MR) is 17.5 cm³/mol. The Morgan fingerprint density at radius 1 is 1.60 bits per heavy atom. The van der Waals surface area contributed by atoms with Gasteiger partial charge < -0.3 is 6.22 Å². The maximum Gasteiger partial charge on any atom is 1.00 e. The fourth-order valence-electron chi connectivity index (χ4n) is 0. The van der Waals surface area contributed by atoms with Crippen molar-refractivity contribution in [2.45, 2.75) is 13.8 Å². The minimum atomic E-state index is 0. The van der Waals surface area contributed by atoms with Crippen LogP contribution in [0.15, 0.2) is 0 Å². The van der Waals surface area contributed by atoms with Gasteiger partial charge in [0.1, 0.15) is 5.78 Å². The molecule has 2 heteroatoms. The van der Waals surface area contributed by atoms with Gasteiger partial charge in [-0.05, 0) is 13.8 Å². The maximum absolute atomic E-state index is 9.44. The summed E-state index contributed by atoms with van der Waals surface area (Å²) in [6.45, 7) is 3.06. The van der Waals surface area contributed by atoms with Gasteiger partial charge in [0.05, 0.1) is 0 Å². The molecule has 0 aliphatic heterocycles. The summed E-state index contributed by atoms with van der Waals surface area (Å²) in [5.74, 6) is 0.167. The average Bonchev–Trinajstić information content (AvgIpc) is 0.811. The standard InChI is InChI=1S/C3H6O.Rb.H/c1-3(2)4;;/h1-2H3;;/q;+1;-1. The first-order chi connectivity index (χ1) is 1.73. The van der Waals surface area contributed by atoms with Gasteiger partial charge in [-0.3, -0.25) is 0 Å². The van der Waals surface area contributed by atoms with Crippen molar-refractivity contribution in [2.75, 3.05) is 0 Å². The molecule has 0 heterocycles. The van der Waals surface area contributed by atoms with Crippen LogP contribution in [0.5, 0.6) is 0 Å². The predicted octanol–water partition coefficient (Wildman–Crippen LogP) is -2.29. The number of rotatable bonds is 0. The number of hydrogen-bond acceptors (Lipinski definition) is 1. The summed E-state index contributed by atoms with van der Waals surface area (Å²) >= 11 is 0. The number of hydrogen-bond donors (Lipinski definition) is 0. The first kappa shape index (κ1) is 9.69. The molecule has 0 amide bonds. The van der Waals surface area contributed by atoms with Crippen LogP contribution in [0.1, 0.15) is 15.3 Å². The molecule has 1 nitrogen and oxygen atoms in total. The van der Waals surface area contributed by atoms with E-state index in [2.05, 4.69) is 0 Å². The number of Topliss-reactive ketones (excluding diaryl/α,β-unsaturated/α-hetero) is 1. The summed E-state index contributed by atoms with van der Waals surface area (Å²) in [5.41, 5.74) is 0. The fraction of sp³-hybridized carbons (Fsp3) is 0.667. The van der Waals surface area contributed by atoms with Crippen molar-refractivity contribution in [2.24, 2.45) is 0 Å². The summed E-state index contributed by atoms with van der Waals surface area (Å²) in [5, 5.41) is 0.